The number of rotatable bonds is 2. The van der Waals surface area contributed by atoms with E-state index < -0.39 is 17.9 Å². The van der Waals surface area contributed by atoms with Crippen molar-refractivity contribution in [3.63, 3.8) is 0 Å². The van der Waals surface area contributed by atoms with E-state index >= 15 is 0 Å². The van der Waals surface area contributed by atoms with E-state index in [-0.39, 0.29) is 5.88 Å². The van der Waals surface area contributed by atoms with Gasteiger partial charge in [0.1, 0.15) is 5.69 Å². The fraction of sp³-hybridized carbons (Fsp3) is 0.375. The Morgan fingerprint density at radius 2 is 2.15 bits per heavy atom. The Morgan fingerprint density at radius 1 is 1.54 bits per heavy atom. The summed E-state index contributed by atoms with van der Waals surface area (Å²) < 4.78 is 37.1. The normalized spacial score (nSPS) is 10.9. The molecule has 13 heavy (non-hydrogen) atoms. The number of pyridine rings is 1. The van der Waals surface area contributed by atoms with Crippen molar-refractivity contribution < 1.29 is 13.2 Å². The minimum Gasteiger partial charge on any atom is -0.247 e. The molecule has 0 aliphatic carbocycles. The maximum Gasteiger partial charge on any atom is 0.283 e. The highest BCUT2D eigenvalue weighted by Gasteiger charge is 2.17. The molecule has 1 nitrogen and oxygen atoms in total. The topological polar surface area (TPSA) is 12.9 Å². The maximum atomic E-state index is 12.8. The van der Waals surface area contributed by atoms with Gasteiger partial charge in [-0.2, -0.15) is 0 Å². The molecule has 0 saturated heterocycles. The fourth-order valence-corrected chi connectivity index (χ4v) is 1.19. The monoisotopic (exact) mass is 209 g/mol. The molecule has 0 aliphatic heterocycles. The SMILES string of the molecule is Cc1cc(F)c(C(F)F)nc1CCl. The van der Waals surface area contributed by atoms with E-state index in [0.717, 1.165) is 6.07 Å². The standard InChI is InChI=1S/C8H7ClF3N/c1-4-2-5(10)7(8(11)12)13-6(4)3-9/h2,8H,3H2,1H3. The van der Waals surface area contributed by atoms with Crippen LogP contribution in [0.15, 0.2) is 6.07 Å². The lowest BCUT2D eigenvalue weighted by molar-refractivity contribution is 0.140. The number of halogens is 4. The number of aromatic nitrogens is 1. The Labute approximate surface area is 78.5 Å². The summed E-state index contributed by atoms with van der Waals surface area (Å²) in [6.45, 7) is 1.57. The summed E-state index contributed by atoms with van der Waals surface area (Å²) in [4.78, 5) is 3.43. The highest BCUT2D eigenvalue weighted by molar-refractivity contribution is 6.17. The van der Waals surface area contributed by atoms with Crippen LogP contribution in [0, 0.1) is 12.7 Å². The summed E-state index contributed by atoms with van der Waals surface area (Å²) in [6, 6.07) is 1.02. The zero-order valence-electron chi connectivity index (χ0n) is 6.82. The predicted octanol–water partition coefficient (Wildman–Crippen LogP) is 3.21. The smallest absolute Gasteiger partial charge is 0.247 e. The van der Waals surface area contributed by atoms with Crippen LogP contribution >= 0.6 is 11.6 Å². The van der Waals surface area contributed by atoms with Crippen LogP contribution in [0.1, 0.15) is 23.4 Å². The van der Waals surface area contributed by atoms with E-state index in [1.54, 1.807) is 6.92 Å². The van der Waals surface area contributed by atoms with E-state index in [1.165, 1.54) is 0 Å². The summed E-state index contributed by atoms with van der Waals surface area (Å²) in [5.74, 6) is -0.979. The first-order valence-electron chi connectivity index (χ1n) is 3.56. The van der Waals surface area contributed by atoms with Crippen molar-refractivity contribution in [2.45, 2.75) is 19.2 Å². The molecule has 1 heterocycles. The molecule has 72 valence electrons. The first-order valence-corrected chi connectivity index (χ1v) is 4.09. The van der Waals surface area contributed by atoms with E-state index in [1.807, 2.05) is 0 Å². The lowest BCUT2D eigenvalue weighted by Crippen LogP contribution is -2.01. The molecular weight excluding hydrogens is 203 g/mol. The summed E-state index contributed by atoms with van der Waals surface area (Å²) in [5.41, 5.74) is -0.0588. The first kappa shape index (κ1) is 10.3. The third-order valence-electron chi connectivity index (χ3n) is 1.63. The van der Waals surface area contributed by atoms with Crippen molar-refractivity contribution in [3.05, 3.63) is 28.8 Å². The molecule has 0 unspecified atom stereocenters. The molecule has 0 spiro atoms. The average Bonchev–Trinajstić information content (AvgIpc) is 2.03. The van der Waals surface area contributed by atoms with Crippen LogP contribution in [0.2, 0.25) is 0 Å². The molecule has 5 heteroatoms. The zero-order valence-corrected chi connectivity index (χ0v) is 7.58. The van der Waals surface area contributed by atoms with Gasteiger partial charge in [0.05, 0.1) is 11.6 Å². The summed E-state index contributed by atoms with van der Waals surface area (Å²) in [6.07, 6.45) is -2.90. The van der Waals surface area contributed by atoms with Gasteiger partial charge in [-0.3, -0.25) is 0 Å². The molecule has 0 bridgehead atoms. The van der Waals surface area contributed by atoms with Crippen LogP contribution in [0.4, 0.5) is 13.2 Å². The highest BCUT2D eigenvalue weighted by atomic mass is 35.5. The van der Waals surface area contributed by atoms with E-state index in [2.05, 4.69) is 4.98 Å². The van der Waals surface area contributed by atoms with Crippen molar-refractivity contribution in [2.75, 3.05) is 0 Å². The molecule has 0 atom stereocenters. The number of hydrogen-bond donors (Lipinski definition) is 0. The number of alkyl halides is 3. The average molecular weight is 210 g/mol. The number of aryl methyl sites for hydroxylation is 1. The van der Waals surface area contributed by atoms with Crippen molar-refractivity contribution in [2.24, 2.45) is 0 Å². The second-order valence-corrected chi connectivity index (χ2v) is 2.82. The fourth-order valence-electron chi connectivity index (χ4n) is 0.923. The Hall–Kier alpha value is -0.770. The summed E-state index contributed by atoms with van der Waals surface area (Å²) in [5, 5.41) is 0. The third-order valence-corrected chi connectivity index (χ3v) is 1.88. The van der Waals surface area contributed by atoms with Crippen molar-refractivity contribution in [1.82, 2.24) is 4.98 Å². The van der Waals surface area contributed by atoms with Crippen LogP contribution < -0.4 is 0 Å². The predicted molar refractivity (Wildman–Crippen MR) is 43.4 cm³/mol. The summed E-state index contributed by atoms with van der Waals surface area (Å²) in [7, 11) is 0. The minimum absolute atomic E-state index is 0.00579. The largest absolute Gasteiger partial charge is 0.283 e. The molecule has 0 fully saturated rings. The molecular formula is C8H7ClF3N. The van der Waals surface area contributed by atoms with E-state index in [4.69, 9.17) is 11.6 Å². The van der Waals surface area contributed by atoms with Gasteiger partial charge in [-0.05, 0) is 18.6 Å². The van der Waals surface area contributed by atoms with Gasteiger partial charge in [0.25, 0.3) is 6.43 Å². The van der Waals surface area contributed by atoms with Gasteiger partial charge in [0, 0.05) is 0 Å². The second-order valence-electron chi connectivity index (χ2n) is 2.55. The number of nitrogens with zero attached hydrogens (tertiary/aromatic N) is 1. The molecule has 0 N–H and O–H groups in total. The molecule has 1 aromatic heterocycles. The lowest BCUT2D eigenvalue weighted by Gasteiger charge is -2.05. The van der Waals surface area contributed by atoms with Gasteiger partial charge >= 0.3 is 0 Å². The second kappa shape index (κ2) is 3.96. The Morgan fingerprint density at radius 3 is 2.62 bits per heavy atom. The third kappa shape index (κ3) is 2.12. The van der Waals surface area contributed by atoms with Crippen LogP contribution in [0.25, 0.3) is 0 Å². The first-order chi connectivity index (χ1) is 6.06. The van der Waals surface area contributed by atoms with Crippen molar-refractivity contribution >= 4 is 11.6 Å². The van der Waals surface area contributed by atoms with Gasteiger partial charge in [-0.25, -0.2) is 18.2 Å². The zero-order chi connectivity index (χ0) is 10.0. The van der Waals surface area contributed by atoms with Crippen LogP contribution in [0.5, 0.6) is 0 Å². The Kier molecular flexibility index (Phi) is 3.14. The molecule has 1 aromatic rings. The Bertz CT molecular complexity index is 315. The van der Waals surface area contributed by atoms with Gasteiger partial charge in [-0.1, -0.05) is 0 Å². The lowest BCUT2D eigenvalue weighted by atomic mass is 10.2. The Balaban J connectivity index is 3.22. The summed E-state index contributed by atoms with van der Waals surface area (Å²) >= 11 is 5.43. The van der Waals surface area contributed by atoms with Crippen molar-refractivity contribution in [1.29, 1.82) is 0 Å². The van der Waals surface area contributed by atoms with Crippen molar-refractivity contribution in [3.8, 4) is 0 Å². The van der Waals surface area contributed by atoms with Gasteiger partial charge in [0.15, 0.2) is 5.82 Å². The minimum atomic E-state index is -2.90. The molecule has 0 amide bonds. The molecule has 0 aromatic carbocycles. The number of hydrogen-bond acceptors (Lipinski definition) is 1. The molecule has 1 rings (SSSR count). The molecule has 0 saturated carbocycles. The van der Waals surface area contributed by atoms with Gasteiger partial charge in [-0.15, -0.1) is 11.6 Å². The molecule has 0 aliphatic rings. The maximum absolute atomic E-state index is 12.8. The van der Waals surface area contributed by atoms with E-state index in [0.29, 0.717) is 11.3 Å². The van der Waals surface area contributed by atoms with Crippen LogP contribution in [-0.4, -0.2) is 4.98 Å². The van der Waals surface area contributed by atoms with Gasteiger partial charge in [0.2, 0.25) is 0 Å². The quantitative estimate of drug-likeness (QED) is 0.682. The van der Waals surface area contributed by atoms with E-state index in [9.17, 15) is 13.2 Å². The van der Waals surface area contributed by atoms with Crippen LogP contribution in [-0.2, 0) is 5.88 Å². The van der Waals surface area contributed by atoms with Gasteiger partial charge < -0.3 is 0 Å². The van der Waals surface area contributed by atoms with Crippen LogP contribution in [0.3, 0.4) is 0 Å². The molecule has 0 radical (unpaired) electrons. The highest BCUT2D eigenvalue weighted by Crippen LogP contribution is 2.22.